The molecule has 0 radical (unpaired) electrons. The third-order valence-corrected chi connectivity index (χ3v) is 3.19. The van der Waals surface area contributed by atoms with E-state index in [1.165, 1.54) is 0 Å². The predicted molar refractivity (Wildman–Crippen MR) is 64.9 cm³/mol. The van der Waals surface area contributed by atoms with Gasteiger partial charge in [-0.25, -0.2) is 0 Å². The van der Waals surface area contributed by atoms with E-state index < -0.39 is 0 Å². The van der Waals surface area contributed by atoms with Crippen molar-refractivity contribution in [2.45, 2.75) is 31.1 Å². The van der Waals surface area contributed by atoms with Crippen LogP contribution < -0.4 is 11.1 Å². The Morgan fingerprint density at radius 1 is 1.50 bits per heavy atom. The molecule has 0 aliphatic carbocycles. The highest BCUT2D eigenvalue weighted by atomic mass is 32.2. The van der Waals surface area contributed by atoms with E-state index in [0.717, 1.165) is 32.5 Å². The number of ether oxygens (including phenoxy) is 1. The average Bonchev–Trinajstić information content (AvgIpc) is 2.21. The molecule has 0 spiro atoms. The van der Waals surface area contributed by atoms with Gasteiger partial charge in [0.05, 0.1) is 6.61 Å². The molecule has 0 aromatic heterocycles. The van der Waals surface area contributed by atoms with E-state index in [1.54, 1.807) is 7.11 Å². The van der Waals surface area contributed by atoms with Gasteiger partial charge in [-0.1, -0.05) is 6.92 Å². The van der Waals surface area contributed by atoms with Gasteiger partial charge in [-0.05, 0) is 25.6 Å². The maximum Gasteiger partial charge on any atom is 0.0615 e. The van der Waals surface area contributed by atoms with Crippen molar-refractivity contribution in [1.29, 1.82) is 0 Å². The number of methoxy groups -OCH3 is 1. The van der Waals surface area contributed by atoms with Crippen LogP contribution >= 0.6 is 11.8 Å². The van der Waals surface area contributed by atoms with Gasteiger partial charge < -0.3 is 15.8 Å². The first kappa shape index (κ1) is 14.2. The van der Waals surface area contributed by atoms with Crippen molar-refractivity contribution in [3.05, 3.63) is 0 Å². The maximum absolute atomic E-state index is 5.48. The van der Waals surface area contributed by atoms with Crippen LogP contribution in [0, 0.1) is 0 Å². The zero-order valence-corrected chi connectivity index (χ0v) is 10.4. The topological polar surface area (TPSA) is 47.3 Å². The lowest BCUT2D eigenvalue weighted by molar-refractivity contribution is 0.162. The van der Waals surface area contributed by atoms with Crippen molar-refractivity contribution >= 4 is 11.8 Å². The number of thioether (sulfide) groups is 1. The quantitative estimate of drug-likeness (QED) is 0.610. The van der Waals surface area contributed by atoms with Gasteiger partial charge in [0.1, 0.15) is 0 Å². The fourth-order valence-corrected chi connectivity index (χ4v) is 1.49. The van der Waals surface area contributed by atoms with Crippen LogP contribution in [0.1, 0.15) is 19.8 Å². The molecule has 86 valence electrons. The highest BCUT2D eigenvalue weighted by Crippen LogP contribution is 2.04. The molecule has 0 aliphatic rings. The minimum Gasteiger partial charge on any atom is -0.383 e. The van der Waals surface area contributed by atoms with Gasteiger partial charge in [-0.2, -0.15) is 11.8 Å². The molecule has 0 aliphatic heterocycles. The van der Waals surface area contributed by atoms with Crippen LogP contribution in [0.3, 0.4) is 0 Å². The predicted octanol–water partition coefficient (Wildman–Crippen LogP) is 1.08. The summed E-state index contributed by atoms with van der Waals surface area (Å²) in [7, 11) is 1.75. The first-order chi connectivity index (χ1) is 6.74. The van der Waals surface area contributed by atoms with Gasteiger partial charge >= 0.3 is 0 Å². The van der Waals surface area contributed by atoms with E-state index >= 15 is 0 Å². The van der Waals surface area contributed by atoms with Crippen molar-refractivity contribution in [2.75, 3.05) is 33.1 Å². The van der Waals surface area contributed by atoms with Crippen molar-refractivity contribution in [2.24, 2.45) is 5.73 Å². The number of hydrogen-bond acceptors (Lipinski definition) is 4. The summed E-state index contributed by atoms with van der Waals surface area (Å²) in [4.78, 5) is 0. The standard InChI is InChI=1S/C10H24N2OS/c1-9(14-3)7-12-10(8-13-2)5-4-6-11/h9-10,12H,4-8,11H2,1-3H3. The third-order valence-electron chi connectivity index (χ3n) is 2.22. The molecule has 0 rings (SSSR count). The molecular weight excluding hydrogens is 196 g/mol. The molecule has 0 amide bonds. The minimum absolute atomic E-state index is 0.457. The van der Waals surface area contributed by atoms with E-state index in [1.807, 2.05) is 11.8 Å². The number of hydrogen-bond donors (Lipinski definition) is 2. The average molecular weight is 220 g/mol. The minimum atomic E-state index is 0.457. The Balaban J connectivity index is 3.60. The normalized spacial score (nSPS) is 15.4. The van der Waals surface area contributed by atoms with E-state index in [0.29, 0.717) is 11.3 Å². The molecule has 2 atom stereocenters. The second-order valence-electron chi connectivity index (χ2n) is 3.54. The van der Waals surface area contributed by atoms with Gasteiger partial charge in [0.25, 0.3) is 0 Å². The van der Waals surface area contributed by atoms with Crippen molar-refractivity contribution in [1.82, 2.24) is 5.32 Å². The molecule has 0 fully saturated rings. The van der Waals surface area contributed by atoms with E-state index in [-0.39, 0.29) is 0 Å². The lowest BCUT2D eigenvalue weighted by atomic mass is 10.1. The molecule has 14 heavy (non-hydrogen) atoms. The molecule has 3 nitrogen and oxygen atoms in total. The molecule has 3 N–H and O–H groups in total. The molecule has 0 saturated heterocycles. The second kappa shape index (κ2) is 9.77. The van der Waals surface area contributed by atoms with Gasteiger partial charge in [0.2, 0.25) is 0 Å². The fourth-order valence-electron chi connectivity index (χ4n) is 1.23. The second-order valence-corrected chi connectivity index (χ2v) is 4.81. The van der Waals surface area contributed by atoms with Gasteiger partial charge in [-0.3, -0.25) is 0 Å². The summed E-state index contributed by atoms with van der Waals surface area (Å²) in [5, 5.41) is 4.16. The fraction of sp³-hybridized carbons (Fsp3) is 1.00. The highest BCUT2D eigenvalue weighted by molar-refractivity contribution is 7.99. The number of nitrogens with two attached hydrogens (primary N) is 1. The zero-order valence-electron chi connectivity index (χ0n) is 9.58. The highest BCUT2D eigenvalue weighted by Gasteiger charge is 2.08. The summed E-state index contributed by atoms with van der Waals surface area (Å²) in [5.74, 6) is 0. The lowest BCUT2D eigenvalue weighted by Gasteiger charge is -2.19. The largest absolute Gasteiger partial charge is 0.383 e. The summed E-state index contributed by atoms with van der Waals surface area (Å²) in [6, 6.07) is 0.457. The number of rotatable bonds is 9. The summed E-state index contributed by atoms with van der Waals surface area (Å²) in [6.45, 7) is 4.81. The van der Waals surface area contributed by atoms with Crippen molar-refractivity contribution < 1.29 is 4.74 Å². The van der Waals surface area contributed by atoms with Crippen LogP contribution in [-0.4, -0.2) is 44.4 Å². The first-order valence-electron chi connectivity index (χ1n) is 5.19. The van der Waals surface area contributed by atoms with Crippen LogP contribution in [0.25, 0.3) is 0 Å². The Bertz CT molecular complexity index is 125. The van der Waals surface area contributed by atoms with Crippen molar-refractivity contribution in [3.63, 3.8) is 0 Å². The van der Waals surface area contributed by atoms with Gasteiger partial charge in [0.15, 0.2) is 0 Å². The molecule has 4 heteroatoms. The van der Waals surface area contributed by atoms with E-state index in [4.69, 9.17) is 10.5 Å². The maximum atomic E-state index is 5.48. The van der Waals surface area contributed by atoms with Crippen LogP contribution in [0.4, 0.5) is 0 Å². The molecule has 0 bridgehead atoms. The van der Waals surface area contributed by atoms with E-state index in [9.17, 15) is 0 Å². The summed E-state index contributed by atoms with van der Waals surface area (Å²) in [6.07, 6.45) is 4.30. The molecular formula is C10H24N2OS. The van der Waals surface area contributed by atoms with E-state index in [2.05, 4.69) is 18.5 Å². The molecule has 0 aromatic carbocycles. The lowest BCUT2D eigenvalue weighted by Crippen LogP contribution is -2.37. The monoisotopic (exact) mass is 220 g/mol. The molecule has 0 heterocycles. The van der Waals surface area contributed by atoms with Gasteiger partial charge in [0, 0.05) is 24.9 Å². The molecule has 2 unspecified atom stereocenters. The smallest absolute Gasteiger partial charge is 0.0615 e. The van der Waals surface area contributed by atoms with Gasteiger partial charge in [-0.15, -0.1) is 0 Å². The summed E-state index contributed by atoms with van der Waals surface area (Å²) >= 11 is 1.88. The first-order valence-corrected chi connectivity index (χ1v) is 6.48. The van der Waals surface area contributed by atoms with Crippen LogP contribution in [0.15, 0.2) is 0 Å². The Labute approximate surface area is 92.2 Å². The number of nitrogens with one attached hydrogen (secondary N) is 1. The Hall–Kier alpha value is 0.230. The summed E-state index contributed by atoms with van der Waals surface area (Å²) in [5.41, 5.74) is 5.48. The molecule has 0 aromatic rings. The van der Waals surface area contributed by atoms with Crippen LogP contribution in [0.2, 0.25) is 0 Å². The summed E-state index contributed by atoms with van der Waals surface area (Å²) < 4.78 is 5.16. The van der Waals surface area contributed by atoms with Crippen molar-refractivity contribution in [3.8, 4) is 0 Å². The van der Waals surface area contributed by atoms with Crippen LogP contribution in [-0.2, 0) is 4.74 Å². The molecule has 0 saturated carbocycles. The zero-order chi connectivity index (χ0) is 10.8. The Morgan fingerprint density at radius 2 is 2.21 bits per heavy atom. The Kier molecular flexibility index (Phi) is 9.93. The SMILES string of the molecule is COCC(CCCN)NCC(C)SC. The van der Waals surface area contributed by atoms with Crippen LogP contribution in [0.5, 0.6) is 0 Å². The Morgan fingerprint density at radius 3 is 2.71 bits per heavy atom. The third kappa shape index (κ3) is 7.62.